The van der Waals surface area contributed by atoms with E-state index < -0.39 is 0 Å². The molecular formula is C16H37ClN2O. The molecule has 0 aromatic heterocycles. The van der Waals surface area contributed by atoms with E-state index in [1.54, 1.807) is 0 Å². The number of unbranched alkanes of at least 4 members (excludes halogenated alkanes) is 9. The smallest absolute Gasteiger partial charge is 0.223 e. The third-order valence-corrected chi connectivity index (χ3v) is 3.82. The fourth-order valence-corrected chi connectivity index (χ4v) is 2.18. The highest BCUT2D eigenvalue weighted by Gasteiger charge is 2.23. The highest BCUT2D eigenvalue weighted by molar-refractivity contribution is 5.85. The van der Waals surface area contributed by atoms with Crippen LogP contribution < -0.4 is 11.9 Å². The highest BCUT2D eigenvalue weighted by atomic mass is 35.5. The molecular weight excluding hydrogens is 272 g/mol. The van der Waals surface area contributed by atoms with Crippen molar-refractivity contribution in [1.82, 2.24) is 6.15 Å². The van der Waals surface area contributed by atoms with E-state index in [2.05, 4.69) is 6.92 Å². The lowest BCUT2D eigenvalue weighted by Crippen LogP contribution is -2.31. The number of primary amides is 1. The van der Waals surface area contributed by atoms with Gasteiger partial charge in [0.2, 0.25) is 5.91 Å². The minimum atomic E-state index is -0.319. The van der Waals surface area contributed by atoms with E-state index in [1.807, 2.05) is 13.8 Å². The summed E-state index contributed by atoms with van der Waals surface area (Å²) >= 11 is 0. The Bertz CT molecular complexity index is 221. The average molecular weight is 309 g/mol. The van der Waals surface area contributed by atoms with Crippen molar-refractivity contribution in [1.29, 1.82) is 0 Å². The molecule has 0 aliphatic carbocycles. The fraction of sp³-hybridized carbons (Fsp3) is 0.938. The number of carbonyl (C=O) groups excluding carboxylic acids is 1. The number of carbonyl (C=O) groups is 1. The van der Waals surface area contributed by atoms with Gasteiger partial charge in [0.15, 0.2) is 0 Å². The largest absolute Gasteiger partial charge is 0.369 e. The third-order valence-electron chi connectivity index (χ3n) is 3.82. The van der Waals surface area contributed by atoms with Gasteiger partial charge in [-0.3, -0.25) is 4.79 Å². The predicted octanol–water partition coefficient (Wildman–Crippen LogP) is 5.39. The van der Waals surface area contributed by atoms with Gasteiger partial charge in [-0.1, -0.05) is 85.0 Å². The molecule has 0 atom stereocenters. The molecule has 3 nitrogen and oxygen atoms in total. The molecule has 0 aromatic carbocycles. The summed E-state index contributed by atoms with van der Waals surface area (Å²) in [6.45, 7) is 6.15. The quantitative estimate of drug-likeness (QED) is 0.474. The molecule has 20 heavy (non-hydrogen) atoms. The Morgan fingerprint density at radius 3 is 1.55 bits per heavy atom. The topological polar surface area (TPSA) is 78.1 Å². The zero-order valence-electron chi connectivity index (χ0n) is 13.9. The van der Waals surface area contributed by atoms with Gasteiger partial charge in [-0.2, -0.15) is 0 Å². The highest BCUT2D eigenvalue weighted by Crippen LogP contribution is 2.23. The van der Waals surface area contributed by atoms with Gasteiger partial charge < -0.3 is 11.9 Å². The number of hydrogen-bond acceptors (Lipinski definition) is 2. The Balaban J connectivity index is -0.00000144. The molecule has 0 rings (SSSR count). The van der Waals surface area contributed by atoms with Crippen molar-refractivity contribution >= 4 is 18.3 Å². The van der Waals surface area contributed by atoms with Crippen LogP contribution in [0.2, 0.25) is 0 Å². The van der Waals surface area contributed by atoms with E-state index in [0.29, 0.717) is 0 Å². The van der Waals surface area contributed by atoms with E-state index >= 15 is 0 Å². The molecule has 0 heterocycles. The molecule has 0 saturated carbocycles. The Hall–Kier alpha value is -0.280. The Kier molecular flexibility index (Phi) is 18.7. The molecule has 124 valence electrons. The monoisotopic (exact) mass is 308 g/mol. The van der Waals surface area contributed by atoms with Gasteiger partial charge in [-0.15, -0.1) is 12.4 Å². The van der Waals surface area contributed by atoms with Gasteiger partial charge in [0.1, 0.15) is 0 Å². The van der Waals surface area contributed by atoms with E-state index in [0.717, 1.165) is 12.8 Å². The number of nitrogens with two attached hydrogens (primary N) is 1. The summed E-state index contributed by atoms with van der Waals surface area (Å²) in [5.41, 5.74) is 5.03. The summed E-state index contributed by atoms with van der Waals surface area (Å²) in [5, 5.41) is 0. The number of hydrogen-bond donors (Lipinski definition) is 2. The van der Waals surface area contributed by atoms with Crippen LogP contribution in [0.5, 0.6) is 0 Å². The van der Waals surface area contributed by atoms with Crippen LogP contribution in [-0.2, 0) is 4.79 Å². The van der Waals surface area contributed by atoms with Crippen LogP contribution in [0.25, 0.3) is 0 Å². The van der Waals surface area contributed by atoms with Gasteiger partial charge in [0.25, 0.3) is 0 Å². The lowest BCUT2D eigenvalue weighted by atomic mass is 9.86. The zero-order valence-corrected chi connectivity index (χ0v) is 14.7. The summed E-state index contributed by atoms with van der Waals surface area (Å²) < 4.78 is 0. The maximum atomic E-state index is 11.1. The standard InChI is InChI=1S/C16H33NO.ClH.H3N/c1-4-5-6-7-8-9-10-11-12-13-14-16(2,3)15(17)18;;/h4-14H2,1-3H3,(H2,17,18);1H;1H3. The summed E-state index contributed by atoms with van der Waals surface area (Å²) in [5.74, 6) is -0.168. The molecule has 0 aliphatic heterocycles. The molecule has 0 spiro atoms. The van der Waals surface area contributed by atoms with Crippen molar-refractivity contribution in [2.45, 2.75) is 91.4 Å². The zero-order chi connectivity index (χ0) is 13.9. The molecule has 0 bridgehead atoms. The van der Waals surface area contributed by atoms with E-state index in [-0.39, 0.29) is 29.9 Å². The van der Waals surface area contributed by atoms with Crippen molar-refractivity contribution in [3.63, 3.8) is 0 Å². The first kappa shape index (κ1) is 24.7. The van der Waals surface area contributed by atoms with E-state index in [9.17, 15) is 4.79 Å². The summed E-state index contributed by atoms with van der Waals surface area (Å²) in [4.78, 5) is 11.1. The first-order chi connectivity index (χ1) is 8.50. The van der Waals surface area contributed by atoms with Crippen LogP contribution in [-0.4, -0.2) is 5.91 Å². The minimum absolute atomic E-state index is 0. The molecule has 4 heteroatoms. The van der Waals surface area contributed by atoms with Gasteiger partial charge in [0.05, 0.1) is 0 Å². The van der Waals surface area contributed by atoms with E-state index in [4.69, 9.17) is 5.73 Å². The molecule has 0 aliphatic rings. The Labute approximate surface area is 132 Å². The van der Waals surface area contributed by atoms with Crippen LogP contribution >= 0.6 is 12.4 Å². The Morgan fingerprint density at radius 2 is 1.20 bits per heavy atom. The Morgan fingerprint density at radius 1 is 0.850 bits per heavy atom. The maximum absolute atomic E-state index is 11.1. The van der Waals surface area contributed by atoms with Crippen LogP contribution in [0.1, 0.15) is 91.4 Å². The number of rotatable bonds is 12. The van der Waals surface area contributed by atoms with Crippen LogP contribution in [0.3, 0.4) is 0 Å². The lowest BCUT2D eigenvalue weighted by Gasteiger charge is -2.19. The first-order valence-electron chi connectivity index (χ1n) is 7.80. The van der Waals surface area contributed by atoms with Gasteiger partial charge >= 0.3 is 0 Å². The van der Waals surface area contributed by atoms with Crippen molar-refractivity contribution in [2.24, 2.45) is 11.1 Å². The van der Waals surface area contributed by atoms with Crippen LogP contribution in [0.4, 0.5) is 0 Å². The fourth-order valence-electron chi connectivity index (χ4n) is 2.18. The first-order valence-corrected chi connectivity index (χ1v) is 7.80. The predicted molar refractivity (Wildman–Crippen MR) is 91.7 cm³/mol. The molecule has 0 fully saturated rings. The van der Waals surface area contributed by atoms with Gasteiger partial charge in [-0.25, -0.2) is 0 Å². The molecule has 0 radical (unpaired) electrons. The second kappa shape index (κ2) is 15.1. The number of halogens is 1. The molecule has 1 amide bonds. The van der Waals surface area contributed by atoms with Gasteiger partial charge in [-0.05, 0) is 6.42 Å². The molecule has 0 unspecified atom stereocenters. The average Bonchev–Trinajstić information content (AvgIpc) is 2.31. The van der Waals surface area contributed by atoms with Crippen molar-refractivity contribution in [2.75, 3.05) is 0 Å². The van der Waals surface area contributed by atoms with Crippen LogP contribution in [0.15, 0.2) is 0 Å². The normalized spacial score (nSPS) is 10.6. The van der Waals surface area contributed by atoms with Crippen LogP contribution in [0, 0.1) is 5.41 Å². The SMILES string of the molecule is CCCCCCCCCCCCC(C)(C)C(N)=O.Cl.N. The second-order valence-corrected chi connectivity index (χ2v) is 6.18. The molecule has 0 saturated heterocycles. The summed E-state index contributed by atoms with van der Waals surface area (Å²) in [6, 6.07) is 0. The van der Waals surface area contributed by atoms with Gasteiger partial charge in [0, 0.05) is 5.41 Å². The maximum Gasteiger partial charge on any atom is 0.223 e. The van der Waals surface area contributed by atoms with Crippen molar-refractivity contribution in [3.8, 4) is 0 Å². The molecule has 5 N–H and O–H groups in total. The minimum Gasteiger partial charge on any atom is -0.369 e. The second-order valence-electron chi connectivity index (χ2n) is 6.18. The van der Waals surface area contributed by atoms with E-state index in [1.165, 1.54) is 57.8 Å². The lowest BCUT2D eigenvalue weighted by molar-refractivity contribution is -0.126. The van der Waals surface area contributed by atoms with Crippen molar-refractivity contribution in [3.05, 3.63) is 0 Å². The third kappa shape index (κ3) is 14.1. The van der Waals surface area contributed by atoms with Crippen molar-refractivity contribution < 1.29 is 4.79 Å². The summed E-state index contributed by atoms with van der Waals surface area (Å²) in [6.07, 6.45) is 14.3. The number of amides is 1. The molecule has 0 aromatic rings. The summed E-state index contributed by atoms with van der Waals surface area (Å²) in [7, 11) is 0.